The summed E-state index contributed by atoms with van der Waals surface area (Å²) in [5, 5.41) is 3.42. The van der Waals surface area contributed by atoms with Crippen LogP contribution in [0.5, 0.6) is 0 Å². The molecule has 24 heavy (non-hydrogen) atoms. The van der Waals surface area contributed by atoms with Crippen molar-refractivity contribution in [1.29, 1.82) is 0 Å². The molecule has 3 rings (SSSR count). The fourth-order valence-electron chi connectivity index (χ4n) is 3.74. The van der Waals surface area contributed by atoms with Crippen LogP contribution in [0, 0.1) is 0 Å². The van der Waals surface area contributed by atoms with Crippen molar-refractivity contribution < 1.29 is 9.53 Å². The van der Waals surface area contributed by atoms with Gasteiger partial charge >= 0.3 is 0 Å². The predicted octanol–water partition coefficient (Wildman–Crippen LogP) is 2.01. The number of anilines is 1. The number of hydrogen-bond acceptors (Lipinski definition) is 4. The number of para-hydroxylation sites is 1. The molecule has 5 nitrogen and oxygen atoms in total. The minimum absolute atomic E-state index is 0.194. The third-order valence-corrected chi connectivity index (χ3v) is 5.19. The normalized spacial score (nSPS) is 24.7. The molecule has 1 amide bonds. The Morgan fingerprint density at radius 1 is 1.29 bits per heavy atom. The van der Waals surface area contributed by atoms with Gasteiger partial charge in [0.05, 0.1) is 18.8 Å². The van der Waals surface area contributed by atoms with Gasteiger partial charge in [-0.3, -0.25) is 4.79 Å². The molecule has 2 fully saturated rings. The maximum absolute atomic E-state index is 12.9. The number of rotatable bonds is 4. The number of nitrogens with one attached hydrogen (secondary N) is 1. The van der Waals surface area contributed by atoms with Crippen molar-refractivity contribution in [2.45, 2.75) is 38.3 Å². The van der Waals surface area contributed by atoms with Crippen molar-refractivity contribution in [1.82, 2.24) is 10.2 Å². The monoisotopic (exact) mass is 331 g/mol. The van der Waals surface area contributed by atoms with Crippen LogP contribution in [-0.2, 0) is 16.1 Å². The van der Waals surface area contributed by atoms with Gasteiger partial charge in [-0.25, -0.2) is 0 Å². The van der Waals surface area contributed by atoms with Crippen LogP contribution in [0.25, 0.3) is 0 Å². The zero-order chi connectivity index (χ0) is 17.0. The maximum atomic E-state index is 12.9. The van der Waals surface area contributed by atoms with Crippen molar-refractivity contribution in [2.75, 3.05) is 44.8 Å². The number of amides is 1. The quantitative estimate of drug-likeness (QED) is 0.917. The summed E-state index contributed by atoms with van der Waals surface area (Å²) in [6, 6.07) is 8.41. The van der Waals surface area contributed by atoms with E-state index in [1.54, 1.807) is 0 Å². The number of carbonyl (C=O) groups is 1. The van der Waals surface area contributed by atoms with E-state index in [2.05, 4.69) is 34.5 Å². The average Bonchev–Trinajstić information content (AvgIpc) is 2.63. The van der Waals surface area contributed by atoms with Crippen LogP contribution in [-0.4, -0.2) is 56.2 Å². The molecule has 132 valence electrons. The predicted molar refractivity (Wildman–Crippen MR) is 96.2 cm³/mol. The second-order valence-electron chi connectivity index (χ2n) is 7.11. The summed E-state index contributed by atoms with van der Waals surface area (Å²) < 4.78 is 5.46. The molecule has 1 atom stereocenters. The zero-order valence-corrected chi connectivity index (χ0v) is 14.9. The summed E-state index contributed by atoms with van der Waals surface area (Å²) in [6.45, 7) is 6.97. The van der Waals surface area contributed by atoms with Gasteiger partial charge in [0.2, 0.25) is 5.91 Å². The topological polar surface area (TPSA) is 44.8 Å². The van der Waals surface area contributed by atoms with Gasteiger partial charge in [-0.15, -0.1) is 0 Å². The lowest BCUT2D eigenvalue weighted by Crippen LogP contribution is -2.57. The minimum Gasteiger partial charge on any atom is -0.378 e. The molecule has 0 aromatic heterocycles. The standard InChI is InChI=1S/C19H29N3O2/c1-19(9-5-6-10-20-19)18(23)21(2)15-16-7-3-4-8-17(16)22-11-13-24-14-12-22/h3-4,7-8,20H,5-6,9-15H2,1-2H3/t19-/m1/s1. The van der Waals surface area contributed by atoms with E-state index in [1.165, 1.54) is 11.3 Å². The molecule has 2 aliphatic rings. The lowest BCUT2D eigenvalue weighted by molar-refractivity contribution is -0.137. The third kappa shape index (κ3) is 3.73. The Balaban J connectivity index is 1.72. The first kappa shape index (κ1) is 17.2. The Bertz CT molecular complexity index is 563. The van der Waals surface area contributed by atoms with Crippen molar-refractivity contribution in [2.24, 2.45) is 0 Å². The van der Waals surface area contributed by atoms with Crippen LogP contribution in [0.15, 0.2) is 24.3 Å². The molecule has 0 saturated carbocycles. The van der Waals surface area contributed by atoms with Crippen molar-refractivity contribution in [3.05, 3.63) is 29.8 Å². The van der Waals surface area contributed by atoms with Gasteiger partial charge in [0.15, 0.2) is 0 Å². The van der Waals surface area contributed by atoms with E-state index in [4.69, 9.17) is 4.74 Å². The van der Waals surface area contributed by atoms with E-state index in [9.17, 15) is 4.79 Å². The SMILES string of the molecule is CN(Cc1ccccc1N1CCOCC1)C(=O)[C@@]1(C)CCCCN1. The summed E-state index contributed by atoms with van der Waals surface area (Å²) in [7, 11) is 1.92. The largest absolute Gasteiger partial charge is 0.378 e. The summed E-state index contributed by atoms with van der Waals surface area (Å²) in [6.07, 6.45) is 3.20. The van der Waals surface area contributed by atoms with Gasteiger partial charge in [0.25, 0.3) is 0 Å². The van der Waals surface area contributed by atoms with Crippen LogP contribution >= 0.6 is 0 Å². The van der Waals surface area contributed by atoms with Gasteiger partial charge in [-0.1, -0.05) is 18.2 Å². The summed E-state index contributed by atoms with van der Waals surface area (Å²) in [4.78, 5) is 17.2. The average molecular weight is 331 g/mol. The maximum Gasteiger partial charge on any atom is 0.242 e. The Hall–Kier alpha value is -1.59. The fourth-order valence-corrected chi connectivity index (χ4v) is 3.74. The first-order chi connectivity index (χ1) is 11.6. The van der Waals surface area contributed by atoms with Gasteiger partial charge in [0.1, 0.15) is 0 Å². The smallest absolute Gasteiger partial charge is 0.242 e. The van der Waals surface area contributed by atoms with E-state index in [1.807, 2.05) is 18.9 Å². The molecule has 0 radical (unpaired) electrons. The molecule has 2 aliphatic heterocycles. The molecule has 0 bridgehead atoms. The fraction of sp³-hybridized carbons (Fsp3) is 0.632. The Labute approximate surface area is 145 Å². The van der Waals surface area contributed by atoms with Crippen LogP contribution in [0.4, 0.5) is 5.69 Å². The van der Waals surface area contributed by atoms with Crippen LogP contribution in [0.3, 0.4) is 0 Å². The van der Waals surface area contributed by atoms with Crippen LogP contribution in [0.1, 0.15) is 31.7 Å². The van der Waals surface area contributed by atoms with E-state index in [0.29, 0.717) is 6.54 Å². The molecule has 5 heteroatoms. The van der Waals surface area contributed by atoms with Gasteiger partial charge < -0.3 is 19.9 Å². The van der Waals surface area contributed by atoms with E-state index in [0.717, 1.165) is 52.1 Å². The van der Waals surface area contributed by atoms with Gasteiger partial charge in [0, 0.05) is 32.4 Å². The number of hydrogen-bond donors (Lipinski definition) is 1. The number of benzene rings is 1. The number of ether oxygens (including phenoxy) is 1. The molecule has 0 aliphatic carbocycles. The molecule has 2 heterocycles. The van der Waals surface area contributed by atoms with E-state index in [-0.39, 0.29) is 5.91 Å². The number of piperidine rings is 1. The van der Waals surface area contributed by atoms with E-state index >= 15 is 0 Å². The van der Waals surface area contributed by atoms with Crippen LogP contribution < -0.4 is 10.2 Å². The van der Waals surface area contributed by atoms with Crippen molar-refractivity contribution in [3.63, 3.8) is 0 Å². The van der Waals surface area contributed by atoms with E-state index < -0.39 is 5.54 Å². The summed E-state index contributed by atoms with van der Waals surface area (Å²) in [5.74, 6) is 0.194. The van der Waals surface area contributed by atoms with Crippen LogP contribution in [0.2, 0.25) is 0 Å². The molecule has 1 aromatic carbocycles. The van der Waals surface area contributed by atoms with Crippen molar-refractivity contribution >= 4 is 11.6 Å². The molecule has 1 aromatic rings. The number of morpholine rings is 1. The summed E-state index contributed by atoms with van der Waals surface area (Å²) in [5.41, 5.74) is 2.01. The summed E-state index contributed by atoms with van der Waals surface area (Å²) >= 11 is 0. The zero-order valence-electron chi connectivity index (χ0n) is 14.9. The molecule has 1 N–H and O–H groups in total. The Morgan fingerprint density at radius 2 is 2.04 bits per heavy atom. The number of carbonyl (C=O) groups excluding carboxylic acids is 1. The molecule has 2 saturated heterocycles. The number of likely N-dealkylation sites (N-methyl/N-ethyl adjacent to an activating group) is 1. The van der Waals surface area contributed by atoms with Gasteiger partial charge in [-0.05, 0) is 44.4 Å². The first-order valence-corrected chi connectivity index (χ1v) is 9.01. The second-order valence-corrected chi connectivity index (χ2v) is 7.11. The Kier molecular flexibility index (Phi) is 5.41. The second kappa shape index (κ2) is 7.53. The highest BCUT2D eigenvalue weighted by Gasteiger charge is 2.36. The Morgan fingerprint density at radius 3 is 2.75 bits per heavy atom. The lowest BCUT2D eigenvalue weighted by Gasteiger charge is -2.37. The highest BCUT2D eigenvalue weighted by Crippen LogP contribution is 2.25. The molecule has 0 spiro atoms. The third-order valence-electron chi connectivity index (χ3n) is 5.19. The highest BCUT2D eigenvalue weighted by molar-refractivity contribution is 5.86. The number of nitrogens with zero attached hydrogens (tertiary/aromatic N) is 2. The highest BCUT2D eigenvalue weighted by atomic mass is 16.5. The first-order valence-electron chi connectivity index (χ1n) is 9.01. The lowest BCUT2D eigenvalue weighted by atomic mass is 9.89. The molecule has 0 unspecified atom stereocenters. The molecular formula is C19H29N3O2. The minimum atomic E-state index is -0.416. The van der Waals surface area contributed by atoms with Gasteiger partial charge in [-0.2, -0.15) is 0 Å². The van der Waals surface area contributed by atoms with Crippen molar-refractivity contribution in [3.8, 4) is 0 Å². The molecular weight excluding hydrogens is 302 g/mol.